The van der Waals surface area contributed by atoms with Crippen molar-refractivity contribution in [1.82, 2.24) is 0 Å². The molecular formula is C13H14O2S. The Bertz CT molecular complexity index is 452. The van der Waals surface area contributed by atoms with Gasteiger partial charge in [-0.25, -0.2) is 0 Å². The van der Waals surface area contributed by atoms with E-state index in [0.717, 1.165) is 43.4 Å². The smallest absolute Gasteiger partial charge is 0.230 e. The molecule has 0 radical (unpaired) electrons. The van der Waals surface area contributed by atoms with Crippen LogP contribution >= 0.6 is 11.3 Å². The first-order chi connectivity index (χ1) is 7.73. The van der Waals surface area contributed by atoms with Gasteiger partial charge in [0.25, 0.3) is 0 Å². The summed E-state index contributed by atoms with van der Waals surface area (Å²) in [5.74, 6) is -0.335. The molecule has 0 bridgehead atoms. The molecule has 0 N–H and O–H groups in total. The minimum absolute atomic E-state index is 0.109. The van der Waals surface area contributed by atoms with E-state index in [1.807, 2.05) is 11.4 Å². The first-order valence-electron chi connectivity index (χ1n) is 5.88. The van der Waals surface area contributed by atoms with Gasteiger partial charge in [-0.15, -0.1) is 11.3 Å². The van der Waals surface area contributed by atoms with Crippen LogP contribution in [0.4, 0.5) is 0 Å². The summed E-state index contributed by atoms with van der Waals surface area (Å²) < 4.78 is 0. The van der Waals surface area contributed by atoms with Gasteiger partial charge in [0.05, 0.1) is 0 Å². The molecule has 1 aromatic heterocycles. The normalized spacial score (nSPS) is 23.5. The lowest BCUT2D eigenvalue weighted by atomic mass is 9.77. The van der Waals surface area contributed by atoms with Crippen LogP contribution in [0, 0.1) is 5.41 Å². The monoisotopic (exact) mass is 234 g/mol. The molecule has 16 heavy (non-hydrogen) atoms. The fraction of sp³-hybridized carbons (Fsp3) is 0.538. The van der Waals surface area contributed by atoms with Crippen molar-refractivity contribution >= 4 is 22.9 Å². The van der Waals surface area contributed by atoms with Crippen LogP contribution < -0.4 is 0 Å². The number of carbonyl (C=O) groups excluding carboxylic acids is 2. The van der Waals surface area contributed by atoms with Crippen LogP contribution in [0.1, 0.15) is 47.3 Å². The first kappa shape index (κ1) is 10.2. The molecule has 3 rings (SSSR count). The minimum atomic E-state index is -0.296. The number of rotatable bonds is 0. The highest BCUT2D eigenvalue weighted by Gasteiger charge is 2.46. The Morgan fingerprint density at radius 2 is 1.88 bits per heavy atom. The number of carbonyl (C=O) groups is 2. The van der Waals surface area contributed by atoms with E-state index in [1.54, 1.807) is 11.3 Å². The molecular weight excluding hydrogens is 220 g/mol. The maximum Gasteiger partial charge on any atom is 0.230 e. The molecule has 2 nitrogen and oxygen atoms in total. The topological polar surface area (TPSA) is 34.1 Å². The SMILES string of the molecule is O=C1C(=O)C2(CCCC2)CCc2sccc21. The molecule has 1 spiro atoms. The molecule has 1 heterocycles. The van der Waals surface area contributed by atoms with Crippen molar-refractivity contribution in [2.75, 3.05) is 0 Å². The van der Waals surface area contributed by atoms with Crippen molar-refractivity contribution in [3.05, 3.63) is 21.9 Å². The Morgan fingerprint density at radius 3 is 2.62 bits per heavy atom. The van der Waals surface area contributed by atoms with E-state index in [1.165, 1.54) is 0 Å². The third-order valence-corrected chi connectivity index (χ3v) is 5.05. The van der Waals surface area contributed by atoms with Gasteiger partial charge in [-0.1, -0.05) is 12.8 Å². The fourth-order valence-corrected chi connectivity index (χ4v) is 3.97. The summed E-state index contributed by atoms with van der Waals surface area (Å²) in [5.41, 5.74) is 0.384. The second kappa shape index (κ2) is 3.52. The van der Waals surface area contributed by atoms with Crippen LogP contribution in [0.15, 0.2) is 11.4 Å². The summed E-state index contributed by atoms with van der Waals surface area (Å²) in [6.07, 6.45) is 5.84. The van der Waals surface area contributed by atoms with Crippen LogP contribution in [0.2, 0.25) is 0 Å². The second-order valence-corrected chi connectivity index (χ2v) is 5.90. The van der Waals surface area contributed by atoms with Crippen LogP contribution in [0.5, 0.6) is 0 Å². The summed E-state index contributed by atoms with van der Waals surface area (Å²) in [6, 6.07) is 1.81. The maximum atomic E-state index is 12.3. The lowest BCUT2D eigenvalue weighted by molar-refractivity contribution is -0.124. The molecule has 1 fully saturated rings. The van der Waals surface area contributed by atoms with Gasteiger partial charge in [-0.3, -0.25) is 9.59 Å². The van der Waals surface area contributed by atoms with Gasteiger partial charge in [-0.05, 0) is 37.1 Å². The summed E-state index contributed by atoms with van der Waals surface area (Å²) in [4.78, 5) is 25.5. The molecule has 0 aliphatic heterocycles. The van der Waals surface area contributed by atoms with Crippen molar-refractivity contribution in [3.63, 3.8) is 0 Å². The highest BCUT2D eigenvalue weighted by molar-refractivity contribution is 7.10. The Morgan fingerprint density at radius 1 is 1.12 bits per heavy atom. The third kappa shape index (κ3) is 1.31. The first-order valence-corrected chi connectivity index (χ1v) is 6.76. The quantitative estimate of drug-likeness (QED) is 0.647. The molecule has 0 aromatic carbocycles. The summed E-state index contributed by atoms with van der Waals surface area (Å²) in [7, 11) is 0. The molecule has 3 heteroatoms. The van der Waals surface area contributed by atoms with E-state index in [0.29, 0.717) is 5.56 Å². The predicted octanol–water partition coefficient (Wildman–Crippen LogP) is 3.01. The third-order valence-electron chi connectivity index (χ3n) is 4.07. The second-order valence-electron chi connectivity index (χ2n) is 4.90. The number of hydrogen-bond donors (Lipinski definition) is 0. The Balaban J connectivity index is 2.04. The van der Waals surface area contributed by atoms with Crippen molar-refractivity contribution in [2.45, 2.75) is 38.5 Å². The average molecular weight is 234 g/mol. The number of thiophene rings is 1. The summed E-state index contributed by atoms with van der Waals surface area (Å²) in [6.45, 7) is 0. The standard InChI is InChI=1S/C13H14O2S/c14-11-9-4-8-16-10(9)3-7-13(12(11)15)5-1-2-6-13/h4,8H,1-3,5-7H2. The fourth-order valence-electron chi connectivity index (χ4n) is 3.09. The lowest BCUT2D eigenvalue weighted by Gasteiger charge is -2.24. The zero-order valence-electron chi connectivity index (χ0n) is 9.12. The Kier molecular flexibility index (Phi) is 2.25. The van der Waals surface area contributed by atoms with Crippen molar-refractivity contribution < 1.29 is 9.59 Å². The molecule has 2 aliphatic rings. The molecule has 0 amide bonds. The minimum Gasteiger partial charge on any atom is -0.290 e. The molecule has 0 saturated heterocycles. The number of ketones is 2. The number of Topliss-reactive ketones (excluding diaryl/α,β-unsaturated/α-hetero) is 2. The molecule has 84 valence electrons. The largest absolute Gasteiger partial charge is 0.290 e. The molecule has 0 unspecified atom stereocenters. The molecule has 1 aromatic rings. The molecule has 2 aliphatic carbocycles. The average Bonchev–Trinajstić information content (AvgIpc) is 2.92. The van der Waals surface area contributed by atoms with Crippen LogP contribution in [0.25, 0.3) is 0 Å². The highest BCUT2D eigenvalue weighted by Crippen LogP contribution is 2.45. The number of fused-ring (bicyclic) bond motifs is 1. The van der Waals surface area contributed by atoms with Crippen LogP contribution in [-0.2, 0) is 11.2 Å². The summed E-state index contributed by atoms with van der Waals surface area (Å²) >= 11 is 1.61. The van der Waals surface area contributed by atoms with Gasteiger partial charge >= 0.3 is 0 Å². The summed E-state index contributed by atoms with van der Waals surface area (Å²) in [5, 5.41) is 1.92. The van der Waals surface area contributed by atoms with E-state index < -0.39 is 0 Å². The van der Waals surface area contributed by atoms with Gasteiger partial charge in [0.15, 0.2) is 0 Å². The van der Waals surface area contributed by atoms with Crippen LogP contribution in [0.3, 0.4) is 0 Å². The molecule has 0 atom stereocenters. The predicted molar refractivity (Wildman–Crippen MR) is 62.9 cm³/mol. The van der Waals surface area contributed by atoms with Gasteiger partial charge in [-0.2, -0.15) is 0 Å². The Labute approximate surface area is 98.7 Å². The number of hydrogen-bond acceptors (Lipinski definition) is 3. The van der Waals surface area contributed by atoms with Gasteiger partial charge in [0.1, 0.15) is 0 Å². The van der Waals surface area contributed by atoms with E-state index >= 15 is 0 Å². The van der Waals surface area contributed by atoms with E-state index in [-0.39, 0.29) is 17.0 Å². The van der Waals surface area contributed by atoms with Crippen LogP contribution in [-0.4, -0.2) is 11.6 Å². The lowest BCUT2D eigenvalue weighted by Crippen LogP contribution is -2.32. The van der Waals surface area contributed by atoms with E-state index in [4.69, 9.17) is 0 Å². The zero-order valence-corrected chi connectivity index (χ0v) is 9.94. The zero-order chi connectivity index (χ0) is 11.2. The van der Waals surface area contributed by atoms with Gasteiger partial charge in [0.2, 0.25) is 11.6 Å². The molecule has 1 saturated carbocycles. The van der Waals surface area contributed by atoms with Gasteiger partial charge < -0.3 is 0 Å². The van der Waals surface area contributed by atoms with Crippen molar-refractivity contribution in [3.8, 4) is 0 Å². The Hall–Kier alpha value is -0.960. The van der Waals surface area contributed by atoms with Crippen molar-refractivity contribution in [2.24, 2.45) is 5.41 Å². The van der Waals surface area contributed by atoms with E-state index in [9.17, 15) is 9.59 Å². The maximum absolute atomic E-state index is 12.3. The van der Waals surface area contributed by atoms with Gasteiger partial charge in [0, 0.05) is 15.9 Å². The number of aryl methyl sites for hydroxylation is 1. The highest BCUT2D eigenvalue weighted by atomic mass is 32.1. The van der Waals surface area contributed by atoms with E-state index in [2.05, 4.69) is 0 Å². The van der Waals surface area contributed by atoms with Crippen molar-refractivity contribution in [1.29, 1.82) is 0 Å².